The van der Waals surface area contributed by atoms with Gasteiger partial charge in [-0.25, -0.2) is 4.79 Å². The summed E-state index contributed by atoms with van der Waals surface area (Å²) >= 11 is 0. The average molecular weight is 226 g/mol. The molecule has 90 valence electrons. The van der Waals surface area contributed by atoms with E-state index in [1.165, 1.54) is 4.90 Å². The van der Waals surface area contributed by atoms with Crippen LogP contribution in [0.5, 0.6) is 0 Å². The molecule has 0 spiro atoms. The molecule has 0 aromatic carbocycles. The van der Waals surface area contributed by atoms with E-state index in [4.69, 9.17) is 5.11 Å². The molecular formula is C11H18N2O3. The number of hydrogen-bond donors (Lipinski definition) is 2. The molecule has 0 aromatic heterocycles. The molecule has 1 saturated carbocycles. The molecule has 0 bridgehead atoms. The predicted molar refractivity (Wildman–Crippen MR) is 60.2 cm³/mol. The van der Waals surface area contributed by atoms with Gasteiger partial charge in [-0.15, -0.1) is 6.58 Å². The van der Waals surface area contributed by atoms with Gasteiger partial charge in [0.25, 0.3) is 0 Å². The highest BCUT2D eigenvalue weighted by molar-refractivity contribution is 5.80. The van der Waals surface area contributed by atoms with Crippen molar-refractivity contribution in [2.75, 3.05) is 6.54 Å². The maximum absolute atomic E-state index is 11.8. The Labute approximate surface area is 95.1 Å². The molecule has 1 aliphatic carbocycles. The van der Waals surface area contributed by atoms with Crippen LogP contribution in [0, 0.1) is 0 Å². The fourth-order valence-electron chi connectivity index (χ4n) is 1.50. The number of carbonyl (C=O) groups is 2. The standard InChI is InChI=1S/C11H18N2O3/c1-3-4-8(2)12-11(16)13(7-10(14)15)9-5-6-9/h3,8-9H,1,4-7H2,2H3,(H,12,16)(H,14,15). The van der Waals surface area contributed by atoms with Gasteiger partial charge in [-0.2, -0.15) is 0 Å². The van der Waals surface area contributed by atoms with Crippen LogP contribution in [0.4, 0.5) is 4.79 Å². The van der Waals surface area contributed by atoms with E-state index in [0.717, 1.165) is 12.8 Å². The van der Waals surface area contributed by atoms with E-state index in [1.807, 2.05) is 6.92 Å². The largest absolute Gasteiger partial charge is 0.480 e. The third-order valence-electron chi connectivity index (χ3n) is 2.44. The molecule has 1 fully saturated rings. The number of carboxylic acid groups (broad SMARTS) is 1. The first-order chi connectivity index (χ1) is 7.54. The summed E-state index contributed by atoms with van der Waals surface area (Å²) < 4.78 is 0. The lowest BCUT2D eigenvalue weighted by Crippen LogP contribution is -2.46. The van der Waals surface area contributed by atoms with Crippen molar-refractivity contribution in [3.8, 4) is 0 Å². The van der Waals surface area contributed by atoms with E-state index in [-0.39, 0.29) is 24.7 Å². The zero-order valence-corrected chi connectivity index (χ0v) is 9.48. The van der Waals surface area contributed by atoms with Crippen LogP contribution in [-0.4, -0.2) is 40.6 Å². The first kappa shape index (κ1) is 12.5. The van der Waals surface area contributed by atoms with Crippen molar-refractivity contribution in [1.29, 1.82) is 0 Å². The molecule has 1 aliphatic rings. The Balaban J connectivity index is 2.46. The summed E-state index contributed by atoms with van der Waals surface area (Å²) in [5.74, 6) is -0.974. The summed E-state index contributed by atoms with van der Waals surface area (Å²) in [4.78, 5) is 23.8. The van der Waals surface area contributed by atoms with E-state index in [1.54, 1.807) is 6.08 Å². The average Bonchev–Trinajstić information content (AvgIpc) is 2.97. The predicted octanol–water partition coefficient (Wildman–Crippen LogP) is 1.21. The van der Waals surface area contributed by atoms with Crippen molar-refractivity contribution in [2.45, 2.75) is 38.3 Å². The Kier molecular flexibility index (Phi) is 4.34. The molecule has 5 heteroatoms. The molecule has 1 unspecified atom stereocenters. The van der Waals surface area contributed by atoms with Crippen LogP contribution in [0.3, 0.4) is 0 Å². The van der Waals surface area contributed by atoms with E-state index in [2.05, 4.69) is 11.9 Å². The second-order valence-electron chi connectivity index (χ2n) is 4.13. The molecule has 1 atom stereocenters. The van der Waals surface area contributed by atoms with Gasteiger partial charge in [-0.05, 0) is 26.2 Å². The number of hydrogen-bond acceptors (Lipinski definition) is 2. The third kappa shape index (κ3) is 3.92. The number of carboxylic acids is 1. The molecule has 0 heterocycles. The summed E-state index contributed by atoms with van der Waals surface area (Å²) in [6, 6.07) is -0.202. The lowest BCUT2D eigenvalue weighted by Gasteiger charge is -2.23. The zero-order chi connectivity index (χ0) is 12.1. The van der Waals surface area contributed by atoms with Gasteiger partial charge in [-0.3, -0.25) is 4.79 Å². The number of aliphatic carboxylic acids is 1. The molecule has 16 heavy (non-hydrogen) atoms. The summed E-state index contributed by atoms with van der Waals surface area (Å²) in [7, 11) is 0. The Morgan fingerprint density at radius 2 is 2.25 bits per heavy atom. The molecule has 1 rings (SSSR count). The van der Waals surface area contributed by atoms with Gasteiger partial charge >= 0.3 is 12.0 Å². The summed E-state index contributed by atoms with van der Waals surface area (Å²) in [5, 5.41) is 11.5. The van der Waals surface area contributed by atoms with Crippen LogP contribution in [0.2, 0.25) is 0 Å². The molecule has 2 N–H and O–H groups in total. The van der Waals surface area contributed by atoms with Crippen molar-refractivity contribution in [1.82, 2.24) is 10.2 Å². The molecule has 0 aliphatic heterocycles. The van der Waals surface area contributed by atoms with Gasteiger partial charge in [0, 0.05) is 12.1 Å². The SMILES string of the molecule is C=CCC(C)NC(=O)N(CC(=O)O)C1CC1. The van der Waals surface area contributed by atoms with Gasteiger partial charge in [0.05, 0.1) is 0 Å². The first-order valence-corrected chi connectivity index (χ1v) is 5.44. The summed E-state index contributed by atoms with van der Waals surface area (Å²) in [6.07, 6.45) is 4.20. The summed E-state index contributed by atoms with van der Waals surface area (Å²) in [6.45, 7) is 5.23. The third-order valence-corrected chi connectivity index (χ3v) is 2.44. The molecule has 0 saturated heterocycles. The Morgan fingerprint density at radius 3 is 2.69 bits per heavy atom. The molecule has 0 aromatic rings. The van der Waals surface area contributed by atoms with Crippen molar-refractivity contribution in [3.63, 3.8) is 0 Å². The van der Waals surface area contributed by atoms with Crippen molar-refractivity contribution in [2.24, 2.45) is 0 Å². The van der Waals surface area contributed by atoms with E-state index < -0.39 is 5.97 Å². The number of rotatable bonds is 6. The highest BCUT2D eigenvalue weighted by Gasteiger charge is 2.34. The van der Waals surface area contributed by atoms with E-state index in [9.17, 15) is 9.59 Å². The number of carbonyl (C=O) groups excluding carboxylic acids is 1. The normalized spacial score (nSPS) is 16.3. The monoisotopic (exact) mass is 226 g/mol. The minimum absolute atomic E-state index is 0.0138. The van der Waals surface area contributed by atoms with Crippen molar-refractivity contribution in [3.05, 3.63) is 12.7 Å². The number of urea groups is 1. The Hall–Kier alpha value is -1.52. The lowest BCUT2D eigenvalue weighted by atomic mass is 10.2. The number of nitrogens with one attached hydrogen (secondary N) is 1. The van der Waals surface area contributed by atoms with E-state index >= 15 is 0 Å². The quantitative estimate of drug-likeness (QED) is 0.669. The maximum Gasteiger partial charge on any atom is 0.323 e. The fourth-order valence-corrected chi connectivity index (χ4v) is 1.50. The van der Waals surface area contributed by atoms with Crippen molar-refractivity contribution >= 4 is 12.0 Å². The Bertz CT molecular complexity index is 287. The summed E-state index contributed by atoms with van der Waals surface area (Å²) in [5.41, 5.74) is 0. The highest BCUT2D eigenvalue weighted by Crippen LogP contribution is 2.26. The van der Waals surface area contributed by atoms with Gasteiger partial charge in [0.2, 0.25) is 0 Å². The van der Waals surface area contributed by atoms with Crippen LogP contribution in [0.15, 0.2) is 12.7 Å². The Morgan fingerprint density at radius 1 is 1.62 bits per heavy atom. The minimum atomic E-state index is -0.974. The highest BCUT2D eigenvalue weighted by atomic mass is 16.4. The van der Waals surface area contributed by atoms with E-state index in [0.29, 0.717) is 6.42 Å². The van der Waals surface area contributed by atoms with Crippen LogP contribution in [0.25, 0.3) is 0 Å². The van der Waals surface area contributed by atoms with Crippen LogP contribution < -0.4 is 5.32 Å². The first-order valence-electron chi connectivity index (χ1n) is 5.44. The molecule has 2 amide bonds. The maximum atomic E-state index is 11.8. The zero-order valence-electron chi connectivity index (χ0n) is 9.48. The second kappa shape index (κ2) is 5.53. The lowest BCUT2D eigenvalue weighted by molar-refractivity contribution is -0.137. The van der Waals surface area contributed by atoms with Crippen LogP contribution >= 0.6 is 0 Å². The topological polar surface area (TPSA) is 69.6 Å². The second-order valence-corrected chi connectivity index (χ2v) is 4.13. The van der Waals surface area contributed by atoms with Gasteiger partial charge in [0.15, 0.2) is 0 Å². The molecule has 5 nitrogen and oxygen atoms in total. The van der Waals surface area contributed by atoms with Gasteiger partial charge in [0.1, 0.15) is 6.54 Å². The number of amides is 2. The van der Waals surface area contributed by atoms with Crippen molar-refractivity contribution < 1.29 is 14.7 Å². The minimum Gasteiger partial charge on any atom is -0.480 e. The fraction of sp³-hybridized carbons (Fsp3) is 0.636. The van der Waals surface area contributed by atoms with Gasteiger partial charge < -0.3 is 15.3 Å². The smallest absolute Gasteiger partial charge is 0.323 e. The molecular weight excluding hydrogens is 208 g/mol. The number of nitrogens with zero attached hydrogens (tertiary/aromatic N) is 1. The van der Waals surface area contributed by atoms with Crippen LogP contribution in [-0.2, 0) is 4.79 Å². The molecule has 0 radical (unpaired) electrons. The van der Waals surface area contributed by atoms with Crippen LogP contribution in [0.1, 0.15) is 26.2 Å². The van der Waals surface area contributed by atoms with Gasteiger partial charge in [-0.1, -0.05) is 6.08 Å².